The summed E-state index contributed by atoms with van der Waals surface area (Å²) in [6, 6.07) is 0. The Hall–Kier alpha value is 0.480. The second kappa shape index (κ2) is 2.26. The minimum Gasteiger partial charge on any atom is -0.0925 e. The summed E-state index contributed by atoms with van der Waals surface area (Å²) in [4.78, 5) is 0. The third kappa shape index (κ3) is 1.17. The minimum atomic E-state index is 1.02. The number of alkyl halides is 1. The van der Waals surface area contributed by atoms with E-state index < -0.39 is 0 Å². The van der Waals surface area contributed by atoms with E-state index in [1.807, 2.05) is 0 Å². The molecule has 0 N–H and O–H groups in total. The fourth-order valence-electron chi connectivity index (χ4n) is 2.09. The van der Waals surface area contributed by atoms with Crippen LogP contribution in [-0.4, -0.2) is 5.33 Å². The van der Waals surface area contributed by atoms with E-state index in [1.54, 1.807) is 6.42 Å². The highest BCUT2D eigenvalue weighted by Crippen LogP contribution is 2.51. The lowest BCUT2D eigenvalue weighted by Crippen LogP contribution is -2.08. The summed E-state index contributed by atoms with van der Waals surface area (Å²) in [5, 5.41) is 1.25. The highest BCUT2D eigenvalue weighted by molar-refractivity contribution is 9.09. The van der Waals surface area contributed by atoms with Crippen LogP contribution in [0.4, 0.5) is 0 Å². The first-order valence-corrected chi connectivity index (χ1v) is 5.08. The van der Waals surface area contributed by atoms with Crippen molar-refractivity contribution in [3.63, 3.8) is 0 Å². The van der Waals surface area contributed by atoms with E-state index in [0.29, 0.717) is 0 Å². The quantitative estimate of drug-likeness (QED) is 0.556. The van der Waals surface area contributed by atoms with Crippen LogP contribution in [0.25, 0.3) is 0 Å². The molecule has 0 aromatic heterocycles. The van der Waals surface area contributed by atoms with Gasteiger partial charge in [0.25, 0.3) is 0 Å². The first kappa shape index (κ1) is 6.21. The molecule has 0 amide bonds. The Kier molecular flexibility index (Phi) is 1.56. The molecule has 0 saturated heterocycles. The fourth-order valence-corrected chi connectivity index (χ4v) is 2.68. The molecule has 0 aromatic carbocycles. The Morgan fingerprint density at radius 1 is 1.11 bits per heavy atom. The Morgan fingerprint density at radius 2 is 2.00 bits per heavy atom. The summed E-state index contributed by atoms with van der Waals surface area (Å²) in [5.74, 6) is 3.34. The molecule has 0 radical (unpaired) electrons. The molecule has 0 nitrogen and oxygen atoms in total. The van der Waals surface area contributed by atoms with Gasteiger partial charge in [-0.15, -0.1) is 0 Å². The van der Waals surface area contributed by atoms with Crippen LogP contribution in [0.3, 0.4) is 0 Å². The molecule has 0 aliphatic heterocycles. The molecule has 0 heterocycles. The maximum absolute atomic E-state index is 3.56. The van der Waals surface area contributed by atoms with Crippen LogP contribution in [0.1, 0.15) is 25.7 Å². The lowest BCUT2D eigenvalue weighted by molar-refractivity contribution is 0.375. The molecule has 0 aromatic rings. The summed E-state index contributed by atoms with van der Waals surface area (Å²) in [7, 11) is 0. The predicted molar refractivity (Wildman–Crippen MR) is 42.7 cm³/mol. The van der Waals surface area contributed by atoms with Gasteiger partial charge in [0.05, 0.1) is 0 Å². The minimum absolute atomic E-state index is 1.02. The molecule has 52 valence electrons. The van der Waals surface area contributed by atoms with E-state index in [2.05, 4.69) is 15.9 Å². The molecule has 0 spiro atoms. The van der Waals surface area contributed by atoms with Crippen LogP contribution in [0.5, 0.6) is 0 Å². The number of rotatable bonds is 1. The zero-order valence-electron chi connectivity index (χ0n) is 5.65. The molecular weight excluding hydrogens is 176 g/mol. The standard InChI is InChI=1S/C8H13Br/c9-5-6-1-2-7-4-8(7)3-6/h6-8H,1-5H2/t6-,7-,8+/m1/s1. The average Bonchev–Trinajstić information content (AvgIpc) is 2.64. The van der Waals surface area contributed by atoms with E-state index in [1.165, 1.54) is 30.5 Å². The van der Waals surface area contributed by atoms with Crippen LogP contribution < -0.4 is 0 Å². The third-order valence-electron chi connectivity index (χ3n) is 2.87. The summed E-state index contributed by atoms with van der Waals surface area (Å²) >= 11 is 3.56. The van der Waals surface area contributed by atoms with Crippen molar-refractivity contribution in [1.82, 2.24) is 0 Å². The average molecular weight is 189 g/mol. The number of halogens is 1. The normalized spacial score (nSPS) is 48.3. The van der Waals surface area contributed by atoms with Gasteiger partial charge in [-0.25, -0.2) is 0 Å². The Bertz CT molecular complexity index is 111. The SMILES string of the molecule is BrC[C@@H]1CC[C@@H]2C[C@@H]2C1. The van der Waals surface area contributed by atoms with Crippen molar-refractivity contribution < 1.29 is 0 Å². The summed E-state index contributed by atoms with van der Waals surface area (Å²) < 4.78 is 0. The van der Waals surface area contributed by atoms with Gasteiger partial charge in [-0.05, 0) is 43.4 Å². The van der Waals surface area contributed by atoms with Gasteiger partial charge in [-0.2, -0.15) is 0 Å². The molecule has 2 aliphatic carbocycles. The van der Waals surface area contributed by atoms with Gasteiger partial charge in [-0.1, -0.05) is 15.9 Å². The molecule has 2 aliphatic rings. The van der Waals surface area contributed by atoms with E-state index >= 15 is 0 Å². The highest BCUT2D eigenvalue weighted by atomic mass is 79.9. The van der Waals surface area contributed by atoms with Crippen molar-refractivity contribution in [2.45, 2.75) is 25.7 Å². The molecule has 0 bridgehead atoms. The summed E-state index contributed by atoms with van der Waals surface area (Å²) in [5.41, 5.74) is 0. The largest absolute Gasteiger partial charge is 0.0925 e. The molecule has 9 heavy (non-hydrogen) atoms. The first-order valence-electron chi connectivity index (χ1n) is 3.96. The Morgan fingerprint density at radius 3 is 2.67 bits per heavy atom. The van der Waals surface area contributed by atoms with Crippen molar-refractivity contribution in [3.05, 3.63) is 0 Å². The molecule has 2 rings (SSSR count). The van der Waals surface area contributed by atoms with Gasteiger partial charge in [-0.3, -0.25) is 0 Å². The summed E-state index contributed by atoms with van der Waals surface area (Å²) in [6.07, 6.45) is 6.10. The Balaban J connectivity index is 1.86. The van der Waals surface area contributed by atoms with Crippen molar-refractivity contribution >= 4 is 15.9 Å². The molecule has 2 fully saturated rings. The van der Waals surface area contributed by atoms with Gasteiger partial charge >= 0.3 is 0 Å². The second-order valence-electron chi connectivity index (χ2n) is 3.59. The van der Waals surface area contributed by atoms with Crippen molar-refractivity contribution in [3.8, 4) is 0 Å². The monoisotopic (exact) mass is 188 g/mol. The molecule has 1 heteroatoms. The van der Waals surface area contributed by atoms with Crippen molar-refractivity contribution in [1.29, 1.82) is 0 Å². The van der Waals surface area contributed by atoms with Gasteiger partial charge in [0.2, 0.25) is 0 Å². The van der Waals surface area contributed by atoms with Crippen LogP contribution >= 0.6 is 15.9 Å². The highest BCUT2D eigenvalue weighted by Gasteiger charge is 2.41. The molecule has 0 unspecified atom stereocenters. The van der Waals surface area contributed by atoms with Crippen molar-refractivity contribution in [2.75, 3.05) is 5.33 Å². The third-order valence-corrected chi connectivity index (χ3v) is 3.78. The number of hydrogen-bond donors (Lipinski definition) is 0. The summed E-state index contributed by atoms with van der Waals surface area (Å²) in [6.45, 7) is 0. The lowest BCUT2D eigenvalue weighted by atomic mass is 9.91. The van der Waals surface area contributed by atoms with Crippen LogP contribution in [0.15, 0.2) is 0 Å². The topological polar surface area (TPSA) is 0 Å². The first-order chi connectivity index (χ1) is 4.40. The van der Waals surface area contributed by atoms with Crippen molar-refractivity contribution in [2.24, 2.45) is 17.8 Å². The fraction of sp³-hybridized carbons (Fsp3) is 1.00. The van der Waals surface area contributed by atoms with E-state index in [0.717, 1.165) is 11.8 Å². The second-order valence-corrected chi connectivity index (χ2v) is 4.24. The smallest absolute Gasteiger partial charge is 0.00597 e. The van der Waals surface area contributed by atoms with E-state index in [4.69, 9.17) is 0 Å². The maximum atomic E-state index is 3.56. The van der Waals surface area contributed by atoms with Gasteiger partial charge in [0, 0.05) is 5.33 Å². The predicted octanol–water partition coefficient (Wildman–Crippen LogP) is 2.82. The Labute approximate surface area is 65.1 Å². The molecule has 2 saturated carbocycles. The molecule has 3 atom stereocenters. The van der Waals surface area contributed by atoms with Gasteiger partial charge in [0.1, 0.15) is 0 Å². The van der Waals surface area contributed by atoms with Gasteiger partial charge < -0.3 is 0 Å². The van der Waals surface area contributed by atoms with Crippen LogP contribution in [0, 0.1) is 17.8 Å². The van der Waals surface area contributed by atoms with E-state index in [9.17, 15) is 0 Å². The van der Waals surface area contributed by atoms with E-state index in [-0.39, 0.29) is 0 Å². The number of hydrogen-bond acceptors (Lipinski definition) is 0. The zero-order chi connectivity index (χ0) is 6.27. The zero-order valence-corrected chi connectivity index (χ0v) is 7.23. The molecular formula is C8H13Br. The maximum Gasteiger partial charge on any atom is 0.00597 e. The van der Waals surface area contributed by atoms with Gasteiger partial charge in [0.15, 0.2) is 0 Å². The number of fused-ring (bicyclic) bond motifs is 1. The van der Waals surface area contributed by atoms with Crippen LogP contribution in [0.2, 0.25) is 0 Å². The lowest BCUT2D eigenvalue weighted by Gasteiger charge is -2.17. The van der Waals surface area contributed by atoms with Crippen LogP contribution in [-0.2, 0) is 0 Å².